The van der Waals surface area contributed by atoms with Crippen molar-refractivity contribution in [1.29, 1.82) is 0 Å². The van der Waals surface area contributed by atoms with E-state index in [1.807, 2.05) is 37.3 Å². The van der Waals surface area contributed by atoms with Gasteiger partial charge in [-0.1, -0.05) is 30.3 Å². The molecule has 2 rings (SSSR count). The van der Waals surface area contributed by atoms with E-state index in [2.05, 4.69) is 10.4 Å². The van der Waals surface area contributed by atoms with Crippen molar-refractivity contribution in [3.8, 4) is 0 Å². The summed E-state index contributed by atoms with van der Waals surface area (Å²) in [5, 5.41) is 6.97. The lowest BCUT2D eigenvalue weighted by Gasteiger charge is -2.13. The number of carbonyl (C=O) groups is 1. The fourth-order valence-electron chi connectivity index (χ4n) is 1.93. The molecule has 1 amide bonds. The number of nitrogens with two attached hydrogens (primary N) is 1. The van der Waals surface area contributed by atoms with Gasteiger partial charge in [0.15, 0.2) is 0 Å². The fourth-order valence-corrected chi connectivity index (χ4v) is 1.93. The fraction of sp³-hybridized carbons (Fsp3) is 0.286. The van der Waals surface area contributed by atoms with E-state index >= 15 is 0 Å². The first-order chi connectivity index (χ1) is 9.08. The van der Waals surface area contributed by atoms with Gasteiger partial charge in [0, 0.05) is 19.6 Å². The van der Waals surface area contributed by atoms with Crippen LogP contribution in [0.15, 0.2) is 36.4 Å². The molecule has 1 atom stereocenters. The molecule has 100 valence electrons. The first-order valence-electron chi connectivity index (χ1n) is 6.17. The number of benzene rings is 1. The summed E-state index contributed by atoms with van der Waals surface area (Å²) in [6.07, 6.45) is 0. The number of hydrogen-bond donors (Lipinski definition) is 2. The Hall–Kier alpha value is -2.14. The van der Waals surface area contributed by atoms with Crippen LogP contribution in [0.2, 0.25) is 0 Å². The highest BCUT2D eigenvalue weighted by molar-refractivity contribution is 5.92. The monoisotopic (exact) mass is 258 g/mol. The number of carbonyl (C=O) groups excluding carboxylic acids is 1. The van der Waals surface area contributed by atoms with Gasteiger partial charge in [0.25, 0.3) is 5.91 Å². The smallest absolute Gasteiger partial charge is 0.269 e. The van der Waals surface area contributed by atoms with Gasteiger partial charge in [0.2, 0.25) is 0 Å². The van der Waals surface area contributed by atoms with Crippen LogP contribution in [-0.2, 0) is 7.05 Å². The topological polar surface area (TPSA) is 72.9 Å². The predicted octanol–water partition coefficient (Wildman–Crippen LogP) is 1.16. The predicted molar refractivity (Wildman–Crippen MR) is 73.6 cm³/mol. The number of hydrogen-bond acceptors (Lipinski definition) is 3. The molecule has 1 aromatic carbocycles. The first kappa shape index (κ1) is 13.3. The van der Waals surface area contributed by atoms with Crippen molar-refractivity contribution in [3.05, 3.63) is 53.3 Å². The van der Waals surface area contributed by atoms with Gasteiger partial charge in [-0.05, 0) is 18.6 Å². The quantitative estimate of drug-likeness (QED) is 0.864. The molecule has 5 heteroatoms. The Morgan fingerprint density at radius 3 is 2.68 bits per heavy atom. The molecule has 0 bridgehead atoms. The van der Waals surface area contributed by atoms with Gasteiger partial charge >= 0.3 is 0 Å². The lowest BCUT2D eigenvalue weighted by molar-refractivity contribution is 0.0942. The molecule has 0 saturated heterocycles. The Kier molecular flexibility index (Phi) is 3.97. The molecule has 2 aromatic rings. The molecule has 1 unspecified atom stereocenters. The van der Waals surface area contributed by atoms with Crippen molar-refractivity contribution in [1.82, 2.24) is 15.1 Å². The van der Waals surface area contributed by atoms with Gasteiger partial charge in [-0.25, -0.2) is 0 Å². The number of aryl methyl sites for hydroxylation is 2. The minimum absolute atomic E-state index is 0.158. The lowest BCUT2D eigenvalue weighted by atomic mass is 10.1. The second-order valence-corrected chi connectivity index (χ2v) is 4.52. The summed E-state index contributed by atoms with van der Waals surface area (Å²) in [5.41, 5.74) is 8.39. The van der Waals surface area contributed by atoms with E-state index in [1.165, 1.54) is 0 Å². The maximum atomic E-state index is 12.0. The van der Waals surface area contributed by atoms with Gasteiger partial charge in [-0.2, -0.15) is 5.10 Å². The molecule has 0 radical (unpaired) electrons. The second kappa shape index (κ2) is 5.67. The number of aromatic nitrogens is 2. The van der Waals surface area contributed by atoms with Crippen LogP contribution in [0.25, 0.3) is 0 Å². The Morgan fingerprint density at radius 2 is 2.11 bits per heavy atom. The molecular formula is C14H18N4O. The summed E-state index contributed by atoms with van der Waals surface area (Å²) in [6, 6.07) is 11.2. The summed E-state index contributed by atoms with van der Waals surface area (Å²) >= 11 is 0. The number of nitrogens with zero attached hydrogens (tertiary/aromatic N) is 2. The summed E-state index contributed by atoms with van der Waals surface area (Å²) in [4.78, 5) is 12.0. The molecule has 3 N–H and O–H groups in total. The van der Waals surface area contributed by atoms with Gasteiger partial charge in [0.1, 0.15) is 5.69 Å². The van der Waals surface area contributed by atoms with E-state index in [0.29, 0.717) is 12.2 Å². The van der Waals surface area contributed by atoms with Crippen LogP contribution in [0.5, 0.6) is 0 Å². The van der Waals surface area contributed by atoms with Crippen LogP contribution in [0.4, 0.5) is 0 Å². The lowest BCUT2D eigenvalue weighted by Crippen LogP contribution is -2.32. The molecule has 1 heterocycles. The minimum atomic E-state index is -0.209. The van der Waals surface area contributed by atoms with Crippen LogP contribution in [0.1, 0.15) is 27.8 Å². The molecule has 5 nitrogen and oxygen atoms in total. The third-order valence-electron chi connectivity index (χ3n) is 2.94. The van der Waals surface area contributed by atoms with Crippen molar-refractivity contribution < 1.29 is 4.79 Å². The number of amides is 1. The van der Waals surface area contributed by atoms with Crippen molar-refractivity contribution in [2.75, 3.05) is 6.54 Å². The Morgan fingerprint density at radius 1 is 1.42 bits per heavy atom. The van der Waals surface area contributed by atoms with Crippen LogP contribution < -0.4 is 11.1 Å². The molecule has 1 aromatic heterocycles. The zero-order chi connectivity index (χ0) is 13.8. The van der Waals surface area contributed by atoms with Crippen molar-refractivity contribution in [3.63, 3.8) is 0 Å². The molecule has 0 fully saturated rings. The third kappa shape index (κ3) is 3.20. The van der Waals surface area contributed by atoms with Gasteiger partial charge in [-0.3, -0.25) is 9.48 Å². The molecule has 0 aliphatic carbocycles. The first-order valence-corrected chi connectivity index (χ1v) is 6.17. The molecule has 0 aliphatic rings. The van der Waals surface area contributed by atoms with Gasteiger partial charge in [-0.15, -0.1) is 0 Å². The summed E-state index contributed by atoms with van der Waals surface area (Å²) in [6.45, 7) is 2.25. The summed E-state index contributed by atoms with van der Waals surface area (Å²) in [7, 11) is 1.75. The SMILES string of the molecule is Cc1cc(C(=O)NCC(N)c2ccccc2)n(C)n1. The third-order valence-corrected chi connectivity index (χ3v) is 2.94. The van der Waals surface area contributed by atoms with E-state index < -0.39 is 0 Å². The highest BCUT2D eigenvalue weighted by atomic mass is 16.2. The Balaban J connectivity index is 1.96. The molecule has 0 aliphatic heterocycles. The average Bonchev–Trinajstić information content (AvgIpc) is 2.75. The van der Waals surface area contributed by atoms with Crippen molar-refractivity contribution >= 4 is 5.91 Å². The molecule has 0 saturated carbocycles. The van der Waals surface area contributed by atoms with Crippen molar-refractivity contribution in [2.24, 2.45) is 12.8 Å². The van der Waals surface area contributed by atoms with E-state index in [1.54, 1.807) is 17.8 Å². The summed E-state index contributed by atoms with van der Waals surface area (Å²) < 4.78 is 1.57. The minimum Gasteiger partial charge on any atom is -0.349 e. The van der Waals surface area contributed by atoms with Crippen LogP contribution in [0.3, 0.4) is 0 Å². The summed E-state index contributed by atoms with van der Waals surface area (Å²) in [5.74, 6) is -0.158. The van der Waals surface area contributed by atoms with Crippen molar-refractivity contribution in [2.45, 2.75) is 13.0 Å². The van der Waals surface area contributed by atoms with Gasteiger partial charge in [0.05, 0.1) is 5.69 Å². The van der Waals surface area contributed by atoms with Crippen LogP contribution in [0, 0.1) is 6.92 Å². The largest absolute Gasteiger partial charge is 0.349 e. The highest BCUT2D eigenvalue weighted by Crippen LogP contribution is 2.08. The standard InChI is InChI=1S/C14H18N4O/c1-10-8-13(18(2)17-10)14(19)16-9-12(15)11-6-4-3-5-7-11/h3-8,12H,9,15H2,1-2H3,(H,16,19). The number of nitrogens with one attached hydrogen (secondary N) is 1. The average molecular weight is 258 g/mol. The normalized spacial score (nSPS) is 12.2. The van der Waals surface area contributed by atoms with Gasteiger partial charge < -0.3 is 11.1 Å². The van der Waals surface area contributed by atoms with Crippen LogP contribution >= 0.6 is 0 Å². The molecular weight excluding hydrogens is 240 g/mol. The zero-order valence-electron chi connectivity index (χ0n) is 11.1. The van der Waals surface area contributed by atoms with E-state index in [-0.39, 0.29) is 11.9 Å². The second-order valence-electron chi connectivity index (χ2n) is 4.52. The number of rotatable bonds is 4. The highest BCUT2D eigenvalue weighted by Gasteiger charge is 2.13. The van der Waals surface area contributed by atoms with E-state index in [0.717, 1.165) is 11.3 Å². The molecule has 0 spiro atoms. The zero-order valence-corrected chi connectivity index (χ0v) is 11.1. The van der Waals surface area contributed by atoms with E-state index in [4.69, 9.17) is 5.73 Å². The van der Waals surface area contributed by atoms with Crippen LogP contribution in [-0.4, -0.2) is 22.2 Å². The maximum Gasteiger partial charge on any atom is 0.269 e. The van der Waals surface area contributed by atoms with E-state index in [9.17, 15) is 4.79 Å². The molecule has 19 heavy (non-hydrogen) atoms. The Bertz CT molecular complexity index is 562. The Labute approximate surface area is 112 Å². The maximum absolute atomic E-state index is 12.0.